The minimum absolute atomic E-state index is 0.0519. The molecule has 0 aromatic heterocycles. The molecule has 0 aliphatic carbocycles. The van der Waals surface area contributed by atoms with Crippen molar-refractivity contribution in [2.24, 2.45) is 0 Å². The van der Waals surface area contributed by atoms with Crippen molar-refractivity contribution in [2.45, 2.75) is 6.10 Å². The summed E-state index contributed by atoms with van der Waals surface area (Å²) < 4.78 is 20.4. The molecule has 1 atom stereocenters. The Balaban J connectivity index is 3.37. The van der Waals surface area contributed by atoms with Crippen molar-refractivity contribution in [1.29, 1.82) is 0 Å². The number of hydrogen-bond acceptors (Lipinski definition) is 5. The molecule has 0 spiro atoms. The molecule has 96 valence electrons. The fourth-order valence-corrected chi connectivity index (χ4v) is 1.33. The van der Waals surface area contributed by atoms with Crippen LogP contribution in [0.5, 0.6) is 0 Å². The van der Waals surface area contributed by atoms with Crippen molar-refractivity contribution in [2.75, 3.05) is 44.6 Å². The zero-order chi connectivity index (χ0) is 12.2. The molecule has 1 N–H and O–H groups in total. The van der Waals surface area contributed by atoms with E-state index in [1.807, 2.05) is 0 Å². The zero-order valence-electron chi connectivity index (χ0n) is 9.19. The topological polar surface area (TPSA) is 74.2 Å². The van der Waals surface area contributed by atoms with Gasteiger partial charge in [-0.25, -0.2) is 4.79 Å². The van der Waals surface area contributed by atoms with Crippen molar-refractivity contribution in [3.63, 3.8) is 0 Å². The standard InChI is InChI=1S/C9H17IO6/c1-13-2-3-14-4-5-15-8(6-10)7-16-9(11)12/h8H,2-7H2,1H3,(H,11,12). The summed E-state index contributed by atoms with van der Waals surface area (Å²) in [6.45, 7) is 2.01. The fourth-order valence-electron chi connectivity index (χ4n) is 0.819. The van der Waals surface area contributed by atoms with Gasteiger partial charge in [0.05, 0.1) is 26.4 Å². The minimum atomic E-state index is -1.28. The first-order valence-corrected chi connectivity index (χ1v) is 6.33. The first kappa shape index (κ1) is 15.9. The molecular formula is C9H17IO6. The van der Waals surface area contributed by atoms with Crippen LogP contribution in [0, 0.1) is 0 Å². The van der Waals surface area contributed by atoms with Crippen LogP contribution < -0.4 is 0 Å². The highest BCUT2D eigenvalue weighted by molar-refractivity contribution is 14.1. The van der Waals surface area contributed by atoms with E-state index < -0.39 is 6.16 Å². The van der Waals surface area contributed by atoms with Crippen LogP contribution in [-0.2, 0) is 18.9 Å². The van der Waals surface area contributed by atoms with Gasteiger partial charge >= 0.3 is 6.16 Å². The van der Waals surface area contributed by atoms with E-state index in [2.05, 4.69) is 27.3 Å². The zero-order valence-corrected chi connectivity index (χ0v) is 11.3. The van der Waals surface area contributed by atoms with Gasteiger partial charge in [0.2, 0.25) is 0 Å². The van der Waals surface area contributed by atoms with Crippen molar-refractivity contribution in [3.8, 4) is 0 Å². The molecule has 16 heavy (non-hydrogen) atoms. The number of rotatable bonds is 10. The monoisotopic (exact) mass is 348 g/mol. The van der Waals surface area contributed by atoms with Gasteiger partial charge in [0, 0.05) is 11.5 Å². The van der Waals surface area contributed by atoms with Crippen LogP contribution in [0.2, 0.25) is 0 Å². The molecule has 0 amide bonds. The van der Waals surface area contributed by atoms with Crippen molar-refractivity contribution >= 4 is 28.7 Å². The number of halogens is 1. The van der Waals surface area contributed by atoms with Crippen molar-refractivity contribution in [3.05, 3.63) is 0 Å². The molecule has 7 heteroatoms. The van der Waals surface area contributed by atoms with Crippen molar-refractivity contribution in [1.82, 2.24) is 0 Å². The van der Waals surface area contributed by atoms with Crippen LogP contribution in [-0.4, -0.2) is 61.9 Å². The van der Waals surface area contributed by atoms with Gasteiger partial charge < -0.3 is 24.1 Å². The summed E-state index contributed by atoms with van der Waals surface area (Å²) in [6.07, 6.45) is -1.50. The third-order valence-electron chi connectivity index (χ3n) is 1.58. The van der Waals surface area contributed by atoms with Gasteiger partial charge in [0.25, 0.3) is 0 Å². The van der Waals surface area contributed by atoms with Crippen LogP contribution in [0.1, 0.15) is 0 Å². The van der Waals surface area contributed by atoms with Gasteiger partial charge in [-0.15, -0.1) is 0 Å². The Morgan fingerprint density at radius 3 is 2.56 bits per heavy atom. The van der Waals surface area contributed by atoms with Crippen LogP contribution in [0.15, 0.2) is 0 Å². The number of alkyl halides is 1. The molecule has 0 aromatic carbocycles. The lowest BCUT2D eigenvalue weighted by Crippen LogP contribution is -2.25. The lowest BCUT2D eigenvalue weighted by atomic mass is 10.4. The lowest BCUT2D eigenvalue weighted by molar-refractivity contribution is -0.0246. The van der Waals surface area contributed by atoms with E-state index in [1.165, 1.54) is 0 Å². The number of ether oxygens (including phenoxy) is 4. The highest BCUT2D eigenvalue weighted by Gasteiger charge is 2.09. The molecule has 0 aromatic rings. The van der Waals surface area contributed by atoms with Crippen LogP contribution in [0.4, 0.5) is 4.79 Å². The van der Waals surface area contributed by atoms with Crippen LogP contribution >= 0.6 is 22.6 Å². The van der Waals surface area contributed by atoms with Crippen molar-refractivity contribution < 1.29 is 28.8 Å². The Morgan fingerprint density at radius 1 is 1.31 bits per heavy atom. The van der Waals surface area contributed by atoms with Crippen LogP contribution in [0.3, 0.4) is 0 Å². The maximum absolute atomic E-state index is 10.1. The van der Waals surface area contributed by atoms with Gasteiger partial charge in [0.1, 0.15) is 12.7 Å². The maximum atomic E-state index is 10.1. The molecule has 0 aliphatic rings. The average molecular weight is 348 g/mol. The summed E-state index contributed by atoms with van der Waals surface area (Å²) in [6, 6.07) is 0. The summed E-state index contributed by atoms with van der Waals surface area (Å²) in [5.41, 5.74) is 0. The van der Waals surface area contributed by atoms with Gasteiger partial charge in [-0.3, -0.25) is 0 Å². The molecular weight excluding hydrogens is 331 g/mol. The number of methoxy groups -OCH3 is 1. The quantitative estimate of drug-likeness (QED) is 0.277. The summed E-state index contributed by atoms with van der Waals surface area (Å²) >= 11 is 2.11. The molecule has 0 rings (SSSR count). The van der Waals surface area contributed by atoms with E-state index in [9.17, 15) is 4.79 Å². The molecule has 0 bridgehead atoms. The van der Waals surface area contributed by atoms with E-state index in [0.717, 1.165) is 0 Å². The smallest absolute Gasteiger partial charge is 0.450 e. The predicted octanol–water partition coefficient (Wildman–Crippen LogP) is 1.16. The predicted molar refractivity (Wildman–Crippen MR) is 65.3 cm³/mol. The van der Waals surface area contributed by atoms with E-state index in [4.69, 9.17) is 19.3 Å². The first-order valence-electron chi connectivity index (χ1n) is 4.80. The van der Waals surface area contributed by atoms with E-state index in [-0.39, 0.29) is 12.7 Å². The second kappa shape index (κ2) is 11.4. The third kappa shape index (κ3) is 10.4. The van der Waals surface area contributed by atoms with Gasteiger partial charge in [-0.2, -0.15) is 0 Å². The molecule has 6 nitrogen and oxygen atoms in total. The Kier molecular flexibility index (Phi) is 11.3. The van der Waals surface area contributed by atoms with Gasteiger partial charge in [-0.05, 0) is 0 Å². The largest absolute Gasteiger partial charge is 0.505 e. The summed E-state index contributed by atoms with van der Waals surface area (Å²) in [5, 5.41) is 8.31. The summed E-state index contributed by atoms with van der Waals surface area (Å²) in [4.78, 5) is 10.1. The van der Waals surface area contributed by atoms with Gasteiger partial charge in [-0.1, -0.05) is 22.6 Å². The minimum Gasteiger partial charge on any atom is -0.450 e. The normalized spacial score (nSPS) is 12.4. The first-order chi connectivity index (χ1) is 7.70. The van der Waals surface area contributed by atoms with E-state index in [1.54, 1.807) is 7.11 Å². The van der Waals surface area contributed by atoms with Gasteiger partial charge in [0.15, 0.2) is 0 Å². The summed E-state index contributed by atoms with van der Waals surface area (Å²) in [5.74, 6) is 0. The molecule has 0 radical (unpaired) electrons. The lowest BCUT2D eigenvalue weighted by Gasteiger charge is -2.14. The number of carbonyl (C=O) groups is 1. The molecule has 1 unspecified atom stereocenters. The maximum Gasteiger partial charge on any atom is 0.505 e. The summed E-state index contributed by atoms with van der Waals surface area (Å²) in [7, 11) is 1.61. The molecule has 0 saturated heterocycles. The van der Waals surface area contributed by atoms with Crippen LogP contribution in [0.25, 0.3) is 0 Å². The third-order valence-corrected chi connectivity index (χ3v) is 2.56. The average Bonchev–Trinajstić information content (AvgIpc) is 2.27. The number of carboxylic acid groups (broad SMARTS) is 1. The highest BCUT2D eigenvalue weighted by atomic mass is 127. The highest BCUT2D eigenvalue weighted by Crippen LogP contribution is 1.99. The fraction of sp³-hybridized carbons (Fsp3) is 0.889. The van der Waals surface area contributed by atoms with E-state index >= 15 is 0 Å². The Labute approximate surface area is 108 Å². The Bertz CT molecular complexity index is 177. The molecule has 0 fully saturated rings. The SMILES string of the molecule is COCCOCCOC(CI)COC(=O)O. The Hall–Kier alpha value is -0.120. The molecule has 0 aliphatic heterocycles. The van der Waals surface area contributed by atoms with E-state index in [0.29, 0.717) is 30.9 Å². The number of hydrogen-bond donors (Lipinski definition) is 1. The Morgan fingerprint density at radius 2 is 2.00 bits per heavy atom. The molecule has 0 saturated carbocycles. The second-order valence-corrected chi connectivity index (χ2v) is 3.71. The molecule has 0 heterocycles. The second-order valence-electron chi connectivity index (χ2n) is 2.83.